The summed E-state index contributed by atoms with van der Waals surface area (Å²) in [6, 6.07) is 3.02. The molecule has 0 saturated heterocycles. The third-order valence-corrected chi connectivity index (χ3v) is 8.04. The van der Waals surface area contributed by atoms with Crippen LogP contribution in [-0.2, 0) is 16.0 Å². The number of fused-ring (bicyclic) bond motifs is 1. The molecule has 0 spiro atoms. The highest BCUT2D eigenvalue weighted by molar-refractivity contribution is 6.02. The summed E-state index contributed by atoms with van der Waals surface area (Å²) in [5.74, 6) is 0.357. The van der Waals surface area contributed by atoms with Gasteiger partial charge in [0.1, 0.15) is 23.2 Å². The number of H-pyrrole nitrogens is 1. The van der Waals surface area contributed by atoms with Gasteiger partial charge < -0.3 is 24.5 Å². The van der Waals surface area contributed by atoms with E-state index in [0.717, 1.165) is 25.7 Å². The molecule has 0 radical (unpaired) electrons. The largest absolute Gasteiger partial charge is 0.376 e. The summed E-state index contributed by atoms with van der Waals surface area (Å²) in [5, 5.41) is 7.09. The van der Waals surface area contributed by atoms with Crippen molar-refractivity contribution in [3.63, 3.8) is 0 Å². The van der Waals surface area contributed by atoms with Crippen LogP contribution in [0.25, 0.3) is 16.6 Å². The number of imidazole rings is 1. The molecule has 39 heavy (non-hydrogen) atoms. The van der Waals surface area contributed by atoms with Gasteiger partial charge in [-0.2, -0.15) is 0 Å². The van der Waals surface area contributed by atoms with Crippen LogP contribution in [0.5, 0.6) is 0 Å². The number of halogens is 1. The molecule has 1 saturated carbocycles. The lowest BCUT2D eigenvalue weighted by molar-refractivity contribution is -0.125. The zero-order valence-corrected chi connectivity index (χ0v) is 23.0. The first-order valence-electron chi connectivity index (χ1n) is 13.7. The second-order valence-electron chi connectivity index (χ2n) is 10.9. The number of rotatable bonds is 7. The van der Waals surface area contributed by atoms with Gasteiger partial charge in [0.25, 0.3) is 5.91 Å². The van der Waals surface area contributed by atoms with Gasteiger partial charge in [0.05, 0.1) is 30.5 Å². The predicted octanol–water partition coefficient (Wildman–Crippen LogP) is 4.81. The van der Waals surface area contributed by atoms with E-state index in [4.69, 9.17) is 14.2 Å². The topological polar surface area (TPSA) is 113 Å². The Morgan fingerprint density at radius 3 is 2.72 bits per heavy atom. The molecule has 3 aromatic rings. The maximum atomic E-state index is 16.0. The van der Waals surface area contributed by atoms with Gasteiger partial charge in [-0.15, -0.1) is 0 Å². The standard InChI is InChI=1S/C29H36FN5O4/c1-5-22-21(15-39-34-22)28(36)33-25(17-8-6-16(2)7-9-17)27-31-23-11-10-18(24(30)26(23)32-27)20-14-38-13-12-19(20)29(37)35(3)4/h10-11,15-17,25H,5-9,12-14H2,1-4H3,(H,31,32)(H,33,36)/t16-,17-,25-/m0/s1. The van der Waals surface area contributed by atoms with E-state index in [0.29, 0.717) is 64.7 Å². The number of hydrogen-bond donors (Lipinski definition) is 2. The van der Waals surface area contributed by atoms with E-state index < -0.39 is 11.9 Å². The molecule has 1 aliphatic heterocycles. The van der Waals surface area contributed by atoms with E-state index in [1.165, 1.54) is 11.2 Å². The van der Waals surface area contributed by atoms with Gasteiger partial charge in [-0.1, -0.05) is 31.8 Å². The fourth-order valence-corrected chi connectivity index (χ4v) is 5.72. The van der Waals surface area contributed by atoms with Gasteiger partial charge in [0.15, 0.2) is 5.82 Å². The maximum absolute atomic E-state index is 16.0. The molecule has 2 amide bonds. The van der Waals surface area contributed by atoms with E-state index in [2.05, 4.69) is 22.4 Å². The van der Waals surface area contributed by atoms with Crippen LogP contribution in [0, 0.1) is 17.7 Å². The first-order chi connectivity index (χ1) is 18.8. The first kappa shape index (κ1) is 27.1. The highest BCUT2D eigenvalue weighted by Crippen LogP contribution is 2.38. The molecular weight excluding hydrogens is 501 g/mol. The molecule has 9 nitrogen and oxygen atoms in total. The molecule has 3 heterocycles. The Labute approximate surface area is 227 Å². The SMILES string of the molecule is CCc1nocc1C(=O)N[C@H](c1nc2c(F)c(C3=C(C(=O)N(C)C)CCOC3)ccc2[nH]1)[C@H]1CC[C@H](C)CC1. The molecule has 2 N–H and O–H groups in total. The summed E-state index contributed by atoms with van der Waals surface area (Å²) >= 11 is 0. The molecular formula is C29H36FN5O4. The van der Waals surface area contributed by atoms with Gasteiger partial charge in [-0.3, -0.25) is 9.59 Å². The number of hydrogen-bond acceptors (Lipinski definition) is 6. The van der Waals surface area contributed by atoms with Gasteiger partial charge in [0.2, 0.25) is 5.91 Å². The monoisotopic (exact) mass is 537 g/mol. The summed E-state index contributed by atoms with van der Waals surface area (Å²) in [4.78, 5) is 35.6. The second kappa shape index (κ2) is 11.3. The van der Waals surface area contributed by atoms with Gasteiger partial charge in [-0.25, -0.2) is 9.37 Å². The lowest BCUT2D eigenvalue weighted by Crippen LogP contribution is -2.36. The zero-order chi connectivity index (χ0) is 27.7. The van der Waals surface area contributed by atoms with Crippen molar-refractivity contribution in [1.29, 1.82) is 0 Å². The van der Waals surface area contributed by atoms with Crippen LogP contribution in [0.2, 0.25) is 0 Å². The van der Waals surface area contributed by atoms with Crippen LogP contribution in [-0.4, -0.2) is 59.1 Å². The summed E-state index contributed by atoms with van der Waals surface area (Å²) in [6.45, 7) is 4.73. The first-order valence-corrected chi connectivity index (χ1v) is 13.7. The second-order valence-corrected chi connectivity index (χ2v) is 10.9. The van der Waals surface area contributed by atoms with Crippen molar-refractivity contribution in [2.24, 2.45) is 11.8 Å². The molecule has 1 atom stereocenters. The number of benzene rings is 1. The summed E-state index contributed by atoms with van der Waals surface area (Å²) in [6.07, 6.45) is 6.34. The van der Waals surface area contributed by atoms with E-state index >= 15 is 4.39 Å². The third-order valence-electron chi connectivity index (χ3n) is 8.04. The van der Waals surface area contributed by atoms with Crippen molar-refractivity contribution in [3.05, 3.63) is 52.4 Å². The number of nitrogens with zero attached hydrogens (tertiary/aromatic N) is 3. The number of carbonyl (C=O) groups excluding carboxylic acids is 2. The molecule has 1 fully saturated rings. The molecule has 1 aliphatic carbocycles. The maximum Gasteiger partial charge on any atom is 0.257 e. The number of nitrogens with one attached hydrogen (secondary N) is 2. The highest BCUT2D eigenvalue weighted by atomic mass is 19.1. The lowest BCUT2D eigenvalue weighted by atomic mass is 9.79. The fourth-order valence-electron chi connectivity index (χ4n) is 5.72. The van der Waals surface area contributed by atoms with E-state index in [-0.39, 0.29) is 29.9 Å². The summed E-state index contributed by atoms with van der Waals surface area (Å²) in [7, 11) is 3.37. The van der Waals surface area contributed by atoms with Crippen LogP contribution >= 0.6 is 0 Å². The Bertz CT molecular complexity index is 1400. The Kier molecular flexibility index (Phi) is 7.83. The molecule has 10 heteroatoms. The van der Waals surface area contributed by atoms with E-state index in [1.54, 1.807) is 26.2 Å². The quantitative estimate of drug-likeness (QED) is 0.447. The van der Waals surface area contributed by atoms with E-state index in [9.17, 15) is 9.59 Å². The van der Waals surface area contributed by atoms with Crippen LogP contribution in [0.1, 0.15) is 79.4 Å². The fraction of sp³-hybridized carbons (Fsp3) is 0.517. The van der Waals surface area contributed by atoms with Crippen molar-refractivity contribution in [1.82, 2.24) is 25.3 Å². The molecule has 2 aliphatic rings. The molecule has 5 rings (SSSR count). The normalized spacial score (nSPS) is 20.7. The third kappa shape index (κ3) is 5.34. The Morgan fingerprint density at radius 1 is 1.23 bits per heavy atom. The van der Waals surface area contributed by atoms with Crippen molar-refractivity contribution < 1.29 is 23.2 Å². The average Bonchev–Trinajstić information content (AvgIpc) is 3.60. The zero-order valence-electron chi connectivity index (χ0n) is 23.0. The number of aryl methyl sites for hydroxylation is 1. The number of aromatic nitrogens is 3. The minimum atomic E-state index is -0.505. The predicted molar refractivity (Wildman–Crippen MR) is 144 cm³/mol. The number of amides is 2. The Balaban J connectivity index is 1.53. The Hall–Kier alpha value is -3.53. The van der Waals surface area contributed by atoms with E-state index in [1.807, 2.05) is 6.92 Å². The summed E-state index contributed by atoms with van der Waals surface area (Å²) < 4.78 is 26.7. The molecule has 1 aromatic carbocycles. The highest BCUT2D eigenvalue weighted by Gasteiger charge is 2.33. The van der Waals surface area contributed by atoms with Crippen molar-refractivity contribution >= 4 is 28.4 Å². The van der Waals surface area contributed by atoms with Crippen molar-refractivity contribution in [2.45, 2.75) is 58.4 Å². The number of ether oxygens (including phenoxy) is 1. The number of carbonyl (C=O) groups is 2. The van der Waals surface area contributed by atoms with Crippen LogP contribution in [0.3, 0.4) is 0 Å². The smallest absolute Gasteiger partial charge is 0.257 e. The molecule has 0 bridgehead atoms. The lowest BCUT2D eigenvalue weighted by Gasteiger charge is -2.32. The van der Waals surface area contributed by atoms with Crippen molar-refractivity contribution in [2.75, 3.05) is 27.3 Å². The molecule has 0 unspecified atom stereocenters. The van der Waals surface area contributed by atoms with Gasteiger partial charge in [0, 0.05) is 31.7 Å². The van der Waals surface area contributed by atoms with Crippen LogP contribution in [0.4, 0.5) is 4.39 Å². The minimum absolute atomic E-state index is 0.148. The Morgan fingerprint density at radius 2 is 2.00 bits per heavy atom. The summed E-state index contributed by atoms with van der Waals surface area (Å²) in [5.41, 5.74) is 3.13. The number of likely N-dealkylation sites (N-methyl/N-ethyl adjacent to an activating group) is 1. The minimum Gasteiger partial charge on any atom is -0.376 e. The van der Waals surface area contributed by atoms with Gasteiger partial charge in [-0.05, 0) is 48.8 Å². The molecule has 208 valence electrons. The van der Waals surface area contributed by atoms with Gasteiger partial charge >= 0.3 is 0 Å². The molecule has 2 aromatic heterocycles. The average molecular weight is 538 g/mol. The number of aromatic amines is 1. The van der Waals surface area contributed by atoms with Crippen LogP contribution in [0.15, 0.2) is 28.5 Å². The van der Waals surface area contributed by atoms with Crippen molar-refractivity contribution in [3.8, 4) is 0 Å². The van der Waals surface area contributed by atoms with Crippen LogP contribution < -0.4 is 5.32 Å².